The summed E-state index contributed by atoms with van der Waals surface area (Å²) in [6.45, 7) is 0. The molecule has 0 amide bonds. The average molecular weight is 309 g/mol. The number of hydrogen-bond donors (Lipinski definition) is 0. The van der Waals surface area contributed by atoms with Crippen LogP contribution in [-0.2, 0) is 11.8 Å². The van der Waals surface area contributed by atoms with Gasteiger partial charge in [0.2, 0.25) is 0 Å². The summed E-state index contributed by atoms with van der Waals surface area (Å²) in [6, 6.07) is 30.0. The van der Waals surface area contributed by atoms with Crippen LogP contribution < -0.4 is 0 Å². The molecule has 0 spiro atoms. The molecule has 2 atom stereocenters. The Bertz CT molecular complexity index is 695. The van der Waals surface area contributed by atoms with E-state index in [2.05, 4.69) is 94.2 Å². The number of rotatable bonds is 4. The van der Waals surface area contributed by atoms with Crippen LogP contribution in [0.1, 0.15) is 16.8 Å². The average Bonchev–Trinajstić information content (AvgIpc) is 2.56. The molecule has 0 aliphatic heterocycles. The zero-order chi connectivity index (χ0) is 14.5. The molecule has 0 fully saturated rings. The van der Waals surface area contributed by atoms with E-state index >= 15 is 0 Å². The second kappa shape index (κ2) is 6.93. The van der Waals surface area contributed by atoms with Crippen LogP contribution in [-0.4, -0.2) is 0 Å². The highest BCUT2D eigenvalue weighted by atomic mass is 32.2. The van der Waals surface area contributed by atoms with E-state index in [1.165, 1.54) is 32.7 Å². The highest BCUT2D eigenvalue weighted by molar-refractivity contribution is 7.78. The van der Waals surface area contributed by atoms with E-state index in [-0.39, 0.29) is 0 Å². The molecule has 0 radical (unpaired) electrons. The van der Waals surface area contributed by atoms with Crippen LogP contribution in [0.5, 0.6) is 0 Å². The van der Waals surface area contributed by atoms with Crippen molar-refractivity contribution >= 4 is 21.0 Å². The van der Waals surface area contributed by atoms with Crippen LogP contribution in [0.4, 0.5) is 0 Å². The van der Waals surface area contributed by atoms with Crippen LogP contribution in [0, 0.1) is 0 Å². The molecule has 0 aliphatic rings. The van der Waals surface area contributed by atoms with Gasteiger partial charge >= 0.3 is 0 Å². The molecule has 3 aromatic carbocycles. The normalized spacial score (nSPS) is 12.0. The van der Waals surface area contributed by atoms with Gasteiger partial charge in [0.05, 0.1) is 0 Å². The Labute approximate surface area is 132 Å². The summed E-state index contributed by atoms with van der Waals surface area (Å²) >= 11 is 1.26. The van der Waals surface area contributed by atoms with Crippen molar-refractivity contribution in [2.24, 2.45) is 0 Å². The minimum atomic E-state index is 0.332. The molecule has 0 saturated carbocycles. The zero-order valence-electron chi connectivity index (χ0n) is 11.7. The van der Waals surface area contributed by atoms with Gasteiger partial charge in [-0.3, -0.25) is 0 Å². The van der Waals surface area contributed by atoms with Gasteiger partial charge in [0, 0.05) is 23.0 Å². The molecule has 0 bridgehead atoms. The molecular formula is C19H18PS+. The van der Waals surface area contributed by atoms with Gasteiger partial charge < -0.3 is 0 Å². The molecule has 0 heterocycles. The van der Waals surface area contributed by atoms with E-state index in [9.17, 15) is 0 Å². The lowest BCUT2D eigenvalue weighted by Gasteiger charge is -2.13. The highest BCUT2D eigenvalue weighted by Gasteiger charge is 2.18. The largest absolute Gasteiger partial charge is 0.162 e. The van der Waals surface area contributed by atoms with E-state index in [0.717, 1.165) is 0 Å². The van der Waals surface area contributed by atoms with Crippen molar-refractivity contribution < 1.29 is 0 Å². The molecule has 104 valence electrons. The number of thiol groups is 1. The lowest BCUT2D eigenvalue weighted by Crippen LogP contribution is -1.98. The van der Waals surface area contributed by atoms with Crippen LogP contribution in [0.15, 0.2) is 94.7 Å². The SMILES string of the molecule is PC(c1ccccc1)c1ccccc1[SH+]c1ccccc1. The van der Waals surface area contributed by atoms with Gasteiger partial charge in [-0.05, 0) is 23.8 Å². The van der Waals surface area contributed by atoms with Crippen LogP contribution in [0.25, 0.3) is 0 Å². The third kappa shape index (κ3) is 3.56. The fourth-order valence-electron chi connectivity index (χ4n) is 2.33. The monoisotopic (exact) mass is 309 g/mol. The topological polar surface area (TPSA) is 0 Å². The third-order valence-corrected chi connectivity index (χ3v) is 5.38. The minimum absolute atomic E-state index is 0.332. The summed E-state index contributed by atoms with van der Waals surface area (Å²) in [5.74, 6) is 0. The van der Waals surface area contributed by atoms with E-state index in [0.29, 0.717) is 5.66 Å². The van der Waals surface area contributed by atoms with Crippen molar-refractivity contribution in [3.8, 4) is 0 Å². The van der Waals surface area contributed by atoms with Crippen molar-refractivity contribution in [2.45, 2.75) is 15.4 Å². The molecule has 3 aromatic rings. The maximum absolute atomic E-state index is 2.98. The van der Waals surface area contributed by atoms with Gasteiger partial charge in [0.15, 0.2) is 9.79 Å². The summed E-state index contributed by atoms with van der Waals surface area (Å²) in [7, 11) is 2.98. The molecule has 0 aromatic heterocycles. The maximum atomic E-state index is 2.98. The van der Waals surface area contributed by atoms with E-state index in [1.54, 1.807) is 0 Å². The van der Waals surface area contributed by atoms with Crippen molar-refractivity contribution in [2.75, 3.05) is 0 Å². The fourth-order valence-corrected chi connectivity index (χ4v) is 4.09. The molecule has 0 saturated heterocycles. The second-order valence-corrected chi connectivity index (χ2v) is 6.78. The van der Waals surface area contributed by atoms with Crippen molar-refractivity contribution in [3.63, 3.8) is 0 Å². The molecule has 2 heteroatoms. The van der Waals surface area contributed by atoms with Gasteiger partial charge in [-0.2, -0.15) is 0 Å². The Balaban J connectivity index is 1.93. The predicted octanol–water partition coefficient (Wildman–Crippen LogP) is 4.88. The minimum Gasteiger partial charge on any atom is -0.125 e. The van der Waals surface area contributed by atoms with E-state index < -0.39 is 0 Å². The molecule has 21 heavy (non-hydrogen) atoms. The Morgan fingerprint density at radius 1 is 0.667 bits per heavy atom. The first kappa shape index (κ1) is 14.4. The van der Waals surface area contributed by atoms with Gasteiger partial charge in [0.25, 0.3) is 0 Å². The summed E-state index contributed by atoms with van der Waals surface area (Å²) in [5, 5.41) is 0. The van der Waals surface area contributed by atoms with Gasteiger partial charge in [-0.1, -0.05) is 66.7 Å². The van der Waals surface area contributed by atoms with Crippen molar-refractivity contribution in [1.29, 1.82) is 0 Å². The summed E-state index contributed by atoms with van der Waals surface area (Å²) < 4.78 is 0. The van der Waals surface area contributed by atoms with Gasteiger partial charge in [0.1, 0.15) is 0 Å². The maximum Gasteiger partial charge on any atom is 0.162 e. The van der Waals surface area contributed by atoms with Crippen LogP contribution >= 0.6 is 9.24 Å². The van der Waals surface area contributed by atoms with Crippen LogP contribution in [0.3, 0.4) is 0 Å². The summed E-state index contributed by atoms with van der Waals surface area (Å²) in [5.41, 5.74) is 3.04. The predicted molar refractivity (Wildman–Crippen MR) is 96.2 cm³/mol. The van der Waals surface area contributed by atoms with Crippen molar-refractivity contribution in [3.05, 3.63) is 96.1 Å². The second-order valence-electron chi connectivity index (χ2n) is 4.89. The van der Waals surface area contributed by atoms with E-state index in [1.807, 2.05) is 0 Å². The first-order chi connectivity index (χ1) is 10.3. The van der Waals surface area contributed by atoms with Gasteiger partial charge in [-0.25, -0.2) is 0 Å². The van der Waals surface area contributed by atoms with E-state index in [4.69, 9.17) is 0 Å². The number of benzene rings is 3. The molecule has 0 aliphatic carbocycles. The molecule has 0 nitrogen and oxygen atoms in total. The van der Waals surface area contributed by atoms with Gasteiger partial charge in [-0.15, -0.1) is 9.24 Å². The molecule has 3 rings (SSSR count). The number of hydrogen-bond acceptors (Lipinski definition) is 0. The van der Waals surface area contributed by atoms with Crippen molar-refractivity contribution in [1.82, 2.24) is 0 Å². The van der Waals surface area contributed by atoms with Crippen LogP contribution in [0.2, 0.25) is 0 Å². The quantitative estimate of drug-likeness (QED) is 0.366. The zero-order valence-corrected chi connectivity index (χ0v) is 13.7. The Morgan fingerprint density at radius 2 is 1.24 bits per heavy atom. The smallest absolute Gasteiger partial charge is 0.125 e. The third-order valence-electron chi connectivity index (χ3n) is 3.44. The molecule has 0 N–H and O–H groups in total. The summed E-state index contributed by atoms with van der Waals surface area (Å²) in [4.78, 5) is 2.70. The lowest BCUT2D eigenvalue weighted by molar-refractivity contribution is 1.10. The first-order valence-electron chi connectivity index (χ1n) is 7.01. The Hall–Kier alpha value is -1.56. The Kier molecular flexibility index (Phi) is 4.75. The molecular weight excluding hydrogens is 291 g/mol. The molecule has 2 unspecified atom stereocenters. The summed E-state index contributed by atoms with van der Waals surface area (Å²) in [6.07, 6.45) is 0. The standard InChI is InChI=1S/C19H17PS/c20-19(15-9-3-1-4-10-15)17-13-7-8-14-18(17)21-16-11-5-2-6-12-16/h1-14,19H,20H2/p+1. The fraction of sp³-hybridized carbons (Fsp3) is 0.0526. The lowest BCUT2D eigenvalue weighted by atomic mass is 10.0. The Morgan fingerprint density at radius 3 is 1.95 bits per heavy atom. The highest BCUT2D eigenvalue weighted by Crippen LogP contribution is 2.34. The first-order valence-corrected chi connectivity index (χ1v) is 8.57.